The minimum Gasteiger partial charge on any atom is -0.829 e. The molecule has 0 amide bonds. The Morgan fingerprint density at radius 1 is 0.583 bits per heavy atom. The van der Waals surface area contributed by atoms with Crippen molar-refractivity contribution in [1.82, 2.24) is 0 Å². The molecule has 0 rings (SSSR count). The number of unbranched alkanes of at least 4 members (excludes halogenated alkanes) is 15. The van der Waals surface area contributed by atoms with Gasteiger partial charge in [0.15, 0.2) is 0 Å². The Balaban J connectivity index is 0. The van der Waals surface area contributed by atoms with Gasteiger partial charge >= 0.3 is 29.6 Å². The van der Waals surface area contributed by atoms with Crippen molar-refractivity contribution in [2.45, 2.75) is 129 Å². The number of rotatable bonds is 18. The van der Waals surface area contributed by atoms with E-state index in [9.17, 15) is 5.11 Å². The largest absolute Gasteiger partial charge is 1.00 e. The zero-order valence-corrected chi connectivity index (χ0v) is 19.3. The van der Waals surface area contributed by atoms with Gasteiger partial charge in [-0.1, -0.05) is 117 Å². The minimum atomic E-state index is -1.21. The van der Waals surface area contributed by atoms with Crippen LogP contribution in [-0.2, 0) is 4.74 Å². The predicted molar refractivity (Wildman–Crippen MR) is 99.6 cm³/mol. The molecule has 0 saturated heterocycles. The Bertz CT molecular complexity index is 226. The molecule has 0 saturated carbocycles. The Morgan fingerprint density at radius 3 is 1.17 bits per heavy atom. The fraction of sp³-hybridized carbons (Fsp3) is 1.00. The van der Waals surface area contributed by atoms with Crippen LogP contribution in [0.4, 0.5) is 0 Å². The third kappa shape index (κ3) is 25.2. The first-order valence-corrected chi connectivity index (χ1v) is 10.4. The zero-order valence-electron chi connectivity index (χ0n) is 17.3. The second-order valence-corrected chi connectivity index (χ2v) is 7.55. The van der Waals surface area contributed by atoms with E-state index in [0.29, 0.717) is 6.61 Å². The van der Waals surface area contributed by atoms with Gasteiger partial charge in [-0.25, -0.2) is 0 Å². The van der Waals surface area contributed by atoms with Crippen LogP contribution in [0.25, 0.3) is 0 Å². The van der Waals surface area contributed by atoms with E-state index in [4.69, 9.17) is 4.74 Å². The van der Waals surface area contributed by atoms with Gasteiger partial charge in [0, 0.05) is 6.61 Å². The predicted octanol–water partition coefficient (Wildman–Crippen LogP) is 3.36. The molecule has 0 fully saturated rings. The summed E-state index contributed by atoms with van der Waals surface area (Å²) in [5, 5.41) is 11.2. The molecule has 0 aromatic heterocycles. The van der Waals surface area contributed by atoms with Crippen molar-refractivity contribution in [1.29, 1.82) is 0 Å². The molecule has 0 N–H and O–H groups in total. The molecular formula is C21H43NaO2. The molecule has 140 valence electrons. The molecule has 0 aromatic carbocycles. The van der Waals surface area contributed by atoms with Gasteiger partial charge in [0.05, 0.1) is 0 Å². The van der Waals surface area contributed by atoms with Gasteiger partial charge in [-0.15, -0.1) is 0 Å². The fourth-order valence-electron chi connectivity index (χ4n) is 2.97. The summed E-state index contributed by atoms with van der Waals surface area (Å²) >= 11 is 0. The van der Waals surface area contributed by atoms with E-state index in [0.717, 1.165) is 6.42 Å². The van der Waals surface area contributed by atoms with E-state index >= 15 is 0 Å². The van der Waals surface area contributed by atoms with E-state index in [2.05, 4.69) is 6.92 Å². The van der Waals surface area contributed by atoms with Crippen LogP contribution < -0.4 is 34.7 Å². The summed E-state index contributed by atoms with van der Waals surface area (Å²) in [5.74, 6) is -1.21. The third-order valence-corrected chi connectivity index (χ3v) is 4.45. The first-order chi connectivity index (χ1) is 11.1. The molecule has 0 aliphatic carbocycles. The van der Waals surface area contributed by atoms with E-state index < -0.39 is 5.79 Å². The summed E-state index contributed by atoms with van der Waals surface area (Å²) in [6.07, 6.45) is 22.0. The average molecular weight is 351 g/mol. The maximum atomic E-state index is 11.2. The number of hydrogen-bond acceptors (Lipinski definition) is 2. The Hall–Kier alpha value is 0.920. The Kier molecular flexibility index (Phi) is 22.9. The molecule has 0 aromatic rings. The van der Waals surface area contributed by atoms with Crippen LogP contribution in [0.3, 0.4) is 0 Å². The van der Waals surface area contributed by atoms with Gasteiger partial charge in [0.2, 0.25) is 0 Å². The van der Waals surface area contributed by atoms with Gasteiger partial charge in [0.1, 0.15) is 0 Å². The molecule has 0 unspecified atom stereocenters. The fourth-order valence-corrected chi connectivity index (χ4v) is 2.97. The van der Waals surface area contributed by atoms with Gasteiger partial charge < -0.3 is 9.84 Å². The average Bonchev–Trinajstić information content (AvgIpc) is 2.49. The maximum Gasteiger partial charge on any atom is 1.00 e. The summed E-state index contributed by atoms with van der Waals surface area (Å²) in [6.45, 7) is 6.07. The molecule has 2 nitrogen and oxygen atoms in total. The van der Waals surface area contributed by atoms with Crippen LogP contribution in [0, 0.1) is 0 Å². The van der Waals surface area contributed by atoms with Gasteiger partial charge in [0.25, 0.3) is 0 Å². The normalized spacial score (nSPS) is 11.5. The molecule has 0 bridgehead atoms. The summed E-state index contributed by atoms with van der Waals surface area (Å²) in [5.41, 5.74) is 0. The monoisotopic (exact) mass is 350 g/mol. The molecule has 0 aliphatic rings. The molecule has 0 spiro atoms. The first-order valence-electron chi connectivity index (χ1n) is 10.4. The topological polar surface area (TPSA) is 32.3 Å². The van der Waals surface area contributed by atoms with Crippen LogP contribution in [0.5, 0.6) is 0 Å². The van der Waals surface area contributed by atoms with Crippen molar-refractivity contribution in [3.8, 4) is 0 Å². The molecule has 24 heavy (non-hydrogen) atoms. The van der Waals surface area contributed by atoms with E-state index in [1.165, 1.54) is 96.3 Å². The second-order valence-electron chi connectivity index (χ2n) is 7.55. The van der Waals surface area contributed by atoms with Crippen LogP contribution in [0.2, 0.25) is 0 Å². The smallest absolute Gasteiger partial charge is 0.829 e. The summed E-state index contributed by atoms with van der Waals surface area (Å²) < 4.78 is 5.19. The van der Waals surface area contributed by atoms with Crippen molar-refractivity contribution < 1.29 is 39.4 Å². The van der Waals surface area contributed by atoms with Crippen LogP contribution in [0.15, 0.2) is 0 Å². The van der Waals surface area contributed by atoms with E-state index in [-0.39, 0.29) is 29.6 Å². The minimum absolute atomic E-state index is 0. The Labute approximate surface area is 174 Å². The van der Waals surface area contributed by atoms with Gasteiger partial charge in [-0.3, -0.25) is 0 Å². The summed E-state index contributed by atoms with van der Waals surface area (Å²) in [7, 11) is 0. The van der Waals surface area contributed by atoms with Gasteiger partial charge in [-0.2, -0.15) is 0 Å². The first kappa shape index (κ1) is 27.1. The molecule has 0 radical (unpaired) electrons. The zero-order chi connectivity index (χ0) is 17.2. The summed E-state index contributed by atoms with van der Waals surface area (Å²) in [4.78, 5) is 0. The van der Waals surface area contributed by atoms with E-state index in [1.807, 2.05) is 0 Å². The second kappa shape index (κ2) is 20.2. The van der Waals surface area contributed by atoms with Crippen molar-refractivity contribution in [3.63, 3.8) is 0 Å². The van der Waals surface area contributed by atoms with Crippen LogP contribution >= 0.6 is 0 Å². The molecule has 3 heteroatoms. The Morgan fingerprint density at radius 2 is 0.875 bits per heavy atom. The summed E-state index contributed by atoms with van der Waals surface area (Å²) in [6, 6.07) is 0. The maximum absolute atomic E-state index is 11.2. The van der Waals surface area contributed by atoms with Crippen molar-refractivity contribution in [2.75, 3.05) is 6.61 Å². The van der Waals surface area contributed by atoms with Gasteiger partial charge in [-0.05, 0) is 12.2 Å². The quantitative estimate of drug-likeness (QED) is 0.216. The SMILES string of the molecule is CCCCCCCCCCCCCCCCCCOC(C)(C)[O-].[Na+]. The molecule has 0 atom stereocenters. The third-order valence-electron chi connectivity index (χ3n) is 4.45. The molecule has 0 aliphatic heterocycles. The number of ether oxygens (including phenoxy) is 1. The van der Waals surface area contributed by atoms with Crippen LogP contribution in [-0.4, -0.2) is 12.4 Å². The number of hydrogen-bond donors (Lipinski definition) is 0. The van der Waals surface area contributed by atoms with Crippen LogP contribution in [0.1, 0.15) is 124 Å². The van der Waals surface area contributed by atoms with E-state index in [1.54, 1.807) is 13.8 Å². The van der Waals surface area contributed by atoms with Crippen molar-refractivity contribution >= 4 is 0 Å². The molecular weight excluding hydrogens is 307 g/mol. The molecule has 0 heterocycles. The van der Waals surface area contributed by atoms with Crippen molar-refractivity contribution in [2.24, 2.45) is 0 Å². The van der Waals surface area contributed by atoms with Crippen molar-refractivity contribution in [3.05, 3.63) is 0 Å². The standard InChI is InChI=1S/C21H43O2.Na/c1-4-5-6-7-8-9-10-11-12-13-14-15-16-17-18-19-20-23-21(2,3)22;/h4-20H2,1-3H3;/q-1;+1.